The first-order valence-corrected chi connectivity index (χ1v) is 7.21. The van der Waals surface area contributed by atoms with Gasteiger partial charge in [0.15, 0.2) is 0 Å². The number of para-hydroxylation sites is 1. The van der Waals surface area contributed by atoms with E-state index in [0.717, 1.165) is 30.5 Å². The summed E-state index contributed by atoms with van der Waals surface area (Å²) >= 11 is 0. The summed E-state index contributed by atoms with van der Waals surface area (Å²) in [4.78, 5) is 26.1. The number of amides is 1. The first-order valence-electron chi connectivity index (χ1n) is 7.21. The van der Waals surface area contributed by atoms with Crippen LogP contribution >= 0.6 is 0 Å². The lowest BCUT2D eigenvalue weighted by Gasteiger charge is -2.44. The van der Waals surface area contributed by atoms with Crippen LogP contribution in [-0.4, -0.2) is 23.0 Å². The highest BCUT2D eigenvalue weighted by atomic mass is 16.4. The lowest BCUT2D eigenvalue weighted by molar-refractivity contribution is -0.161. The van der Waals surface area contributed by atoms with Crippen molar-refractivity contribution in [1.29, 1.82) is 0 Å². The van der Waals surface area contributed by atoms with Gasteiger partial charge >= 0.3 is 5.97 Å². The molecule has 0 radical (unpaired) electrons. The maximum atomic E-state index is 12.9. The number of anilines is 1. The summed E-state index contributed by atoms with van der Waals surface area (Å²) in [5, 5.41) is 9.47. The van der Waals surface area contributed by atoms with Crippen molar-refractivity contribution in [3.8, 4) is 0 Å². The first-order chi connectivity index (χ1) is 9.56. The molecule has 1 aliphatic heterocycles. The molecular formula is C16H19NO3. The number of carboxylic acids is 1. The molecule has 4 nitrogen and oxygen atoms in total. The largest absolute Gasteiger partial charge is 0.480 e. The number of hydrogen-bond donors (Lipinski definition) is 1. The van der Waals surface area contributed by atoms with Crippen molar-refractivity contribution in [3.05, 3.63) is 29.8 Å². The number of aryl methyl sites for hydroxylation is 1. The van der Waals surface area contributed by atoms with Crippen LogP contribution in [0.3, 0.4) is 0 Å². The second kappa shape index (κ2) is 4.62. The highest BCUT2D eigenvalue weighted by Gasteiger charge is 2.54. The Hall–Kier alpha value is -1.84. The lowest BCUT2D eigenvalue weighted by Crippen LogP contribution is -2.56. The Labute approximate surface area is 118 Å². The molecular weight excluding hydrogens is 254 g/mol. The molecule has 1 saturated carbocycles. The van der Waals surface area contributed by atoms with Gasteiger partial charge in [0.05, 0.1) is 0 Å². The fraction of sp³-hybridized carbons (Fsp3) is 0.500. The molecule has 0 bridgehead atoms. The summed E-state index contributed by atoms with van der Waals surface area (Å²) in [6, 6.07) is 7.89. The molecule has 1 aromatic carbocycles. The zero-order valence-corrected chi connectivity index (χ0v) is 11.6. The highest BCUT2D eigenvalue weighted by Crippen LogP contribution is 2.45. The molecule has 0 spiro atoms. The number of hydrogen-bond acceptors (Lipinski definition) is 2. The van der Waals surface area contributed by atoms with E-state index in [0.29, 0.717) is 12.8 Å². The van der Waals surface area contributed by atoms with E-state index >= 15 is 0 Å². The van der Waals surface area contributed by atoms with Gasteiger partial charge < -0.3 is 10.0 Å². The number of aliphatic carboxylic acids is 1. The average molecular weight is 273 g/mol. The fourth-order valence-corrected chi connectivity index (χ4v) is 3.28. The maximum absolute atomic E-state index is 12.9. The van der Waals surface area contributed by atoms with Crippen molar-refractivity contribution < 1.29 is 14.7 Å². The number of carbonyl (C=O) groups excluding carboxylic acids is 1. The molecule has 0 saturated heterocycles. The van der Waals surface area contributed by atoms with Crippen molar-refractivity contribution >= 4 is 17.6 Å². The summed E-state index contributed by atoms with van der Waals surface area (Å²) in [6.45, 7) is 2.00. The van der Waals surface area contributed by atoms with Crippen molar-refractivity contribution in [3.63, 3.8) is 0 Å². The summed E-state index contributed by atoms with van der Waals surface area (Å²) in [7, 11) is 0. The summed E-state index contributed by atoms with van der Waals surface area (Å²) in [5.41, 5.74) is 0.848. The van der Waals surface area contributed by atoms with Crippen LogP contribution in [0.2, 0.25) is 0 Å². The minimum Gasteiger partial charge on any atom is -0.480 e. The predicted molar refractivity (Wildman–Crippen MR) is 75.6 cm³/mol. The Morgan fingerprint density at radius 1 is 1.30 bits per heavy atom. The van der Waals surface area contributed by atoms with Gasteiger partial charge in [-0.1, -0.05) is 24.6 Å². The van der Waals surface area contributed by atoms with E-state index in [-0.39, 0.29) is 11.9 Å². The van der Waals surface area contributed by atoms with Gasteiger partial charge in [-0.25, -0.2) is 0 Å². The van der Waals surface area contributed by atoms with Crippen molar-refractivity contribution in [2.45, 2.75) is 45.1 Å². The number of rotatable bonds is 2. The van der Waals surface area contributed by atoms with E-state index < -0.39 is 11.4 Å². The predicted octanol–water partition coefficient (Wildman–Crippen LogP) is 2.61. The molecule has 106 valence electrons. The van der Waals surface area contributed by atoms with Gasteiger partial charge in [-0.3, -0.25) is 9.59 Å². The van der Waals surface area contributed by atoms with Gasteiger partial charge in [0, 0.05) is 11.7 Å². The van der Waals surface area contributed by atoms with Gasteiger partial charge in [0.1, 0.15) is 5.41 Å². The summed E-state index contributed by atoms with van der Waals surface area (Å²) in [5.74, 6) is -1.19. The normalized spacial score (nSPS) is 23.6. The van der Waals surface area contributed by atoms with E-state index in [1.54, 1.807) is 4.90 Å². The van der Waals surface area contributed by atoms with Crippen molar-refractivity contribution in [2.75, 3.05) is 4.90 Å². The first kappa shape index (κ1) is 13.2. The number of carboxylic acid groups (broad SMARTS) is 1. The van der Waals surface area contributed by atoms with E-state index in [4.69, 9.17) is 0 Å². The molecule has 1 N–H and O–H groups in total. The standard InChI is InChI=1S/C16H19NO3/c1-11-7-8-12-5-2-3-6-13(12)17(11)14(18)16(15(19)20)9-4-10-16/h2-3,5-6,11H,4,7-10H2,1H3,(H,19,20). The quantitative estimate of drug-likeness (QED) is 0.843. The van der Waals surface area contributed by atoms with E-state index in [1.165, 1.54) is 0 Å². The molecule has 2 aliphatic rings. The third-order valence-corrected chi connectivity index (χ3v) is 4.77. The SMILES string of the molecule is CC1CCc2ccccc2N1C(=O)C1(C(=O)O)CCC1. The Bertz CT molecular complexity index is 563. The molecule has 1 unspecified atom stereocenters. The molecule has 3 rings (SSSR count). The number of nitrogens with zero attached hydrogens (tertiary/aromatic N) is 1. The van der Waals surface area contributed by atoms with Gasteiger partial charge in [-0.2, -0.15) is 0 Å². The molecule has 1 fully saturated rings. The monoisotopic (exact) mass is 273 g/mol. The lowest BCUT2D eigenvalue weighted by atomic mass is 9.67. The number of carbonyl (C=O) groups is 2. The zero-order chi connectivity index (χ0) is 14.3. The van der Waals surface area contributed by atoms with Crippen molar-refractivity contribution in [2.24, 2.45) is 5.41 Å². The molecule has 20 heavy (non-hydrogen) atoms. The zero-order valence-electron chi connectivity index (χ0n) is 11.6. The van der Waals surface area contributed by atoms with Gasteiger partial charge in [-0.15, -0.1) is 0 Å². The smallest absolute Gasteiger partial charge is 0.319 e. The molecule has 0 aromatic heterocycles. The Morgan fingerprint density at radius 3 is 2.60 bits per heavy atom. The fourth-order valence-electron chi connectivity index (χ4n) is 3.28. The minimum atomic E-state index is -1.18. The van der Waals surface area contributed by atoms with Gasteiger partial charge in [-0.05, 0) is 44.2 Å². The summed E-state index contributed by atoms with van der Waals surface area (Å²) < 4.78 is 0. The Balaban J connectivity index is 2.01. The number of fused-ring (bicyclic) bond motifs is 1. The Morgan fingerprint density at radius 2 is 2.00 bits per heavy atom. The third kappa shape index (κ3) is 1.74. The maximum Gasteiger partial charge on any atom is 0.319 e. The van der Waals surface area contributed by atoms with E-state index in [9.17, 15) is 14.7 Å². The molecule has 1 aromatic rings. The van der Waals surface area contributed by atoms with Crippen LogP contribution in [0.1, 0.15) is 38.2 Å². The van der Waals surface area contributed by atoms with Crippen LogP contribution in [0.5, 0.6) is 0 Å². The van der Waals surface area contributed by atoms with Gasteiger partial charge in [0.2, 0.25) is 5.91 Å². The average Bonchev–Trinajstić information content (AvgIpc) is 2.36. The van der Waals surface area contributed by atoms with E-state index in [1.807, 2.05) is 31.2 Å². The third-order valence-electron chi connectivity index (χ3n) is 4.77. The summed E-state index contributed by atoms with van der Waals surface area (Å²) in [6.07, 6.45) is 3.58. The molecule has 1 heterocycles. The van der Waals surface area contributed by atoms with Crippen molar-refractivity contribution in [1.82, 2.24) is 0 Å². The van der Waals surface area contributed by atoms with E-state index in [2.05, 4.69) is 0 Å². The molecule has 1 amide bonds. The van der Waals surface area contributed by atoms with Crippen LogP contribution in [-0.2, 0) is 16.0 Å². The Kier molecular flexibility index (Phi) is 3.04. The van der Waals surface area contributed by atoms with Gasteiger partial charge in [0.25, 0.3) is 0 Å². The molecule has 4 heteroatoms. The van der Waals surface area contributed by atoms with Crippen LogP contribution < -0.4 is 4.90 Å². The second-order valence-electron chi connectivity index (χ2n) is 5.93. The van der Waals surface area contributed by atoms with Crippen LogP contribution in [0.25, 0.3) is 0 Å². The number of benzene rings is 1. The van der Waals surface area contributed by atoms with Crippen LogP contribution in [0, 0.1) is 5.41 Å². The second-order valence-corrected chi connectivity index (χ2v) is 5.93. The topological polar surface area (TPSA) is 57.6 Å². The highest BCUT2D eigenvalue weighted by molar-refractivity contribution is 6.11. The molecule has 1 aliphatic carbocycles. The minimum absolute atomic E-state index is 0.0641. The van der Waals surface area contributed by atoms with Crippen LogP contribution in [0.4, 0.5) is 5.69 Å². The molecule has 1 atom stereocenters. The van der Waals surface area contributed by atoms with Crippen LogP contribution in [0.15, 0.2) is 24.3 Å².